The molecule has 3 N–H and O–H groups in total. The van der Waals surface area contributed by atoms with Crippen LogP contribution in [0.3, 0.4) is 0 Å². The van der Waals surface area contributed by atoms with E-state index in [1.54, 1.807) is 0 Å². The van der Waals surface area contributed by atoms with Crippen LogP contribution >= 0.6 is 11.6 Å². The number of hydrogen-bond donors (Lipinski definition) is 2. The number of aliphatic imine (C=N–C) groups is 1. The molecule has 33 heavy (non-hydrogen) atoms. The second-order valence-corrected chi connectivity index (χ2v) is 11.2. The van der Waals surface area contributed by atoms with Crippen molar-refractivity contribution in [2.45, 2.75) is 58.0 Å². The highest BCUT2D eigenvalue weighted by Crippen LogP contribution is 2.60. The lowest BCUT2D eigenvalue weighted by atomic mass is 9.47. The number of carbonyl (C=O) groups excluding carboxylic acids is 2. The fourth-order valence-corrected chi connectivity index (χ4v) is 7.38. The molecule has 1 saturated heterocycles. The minimum atomic E-state index is -0.871. The normalized spacial score (nSPS) is 37.3. The first-order chi connectivity index (χ1) is 15.7. The van der Waals surface area contributed by atoms with Crippen LogP contribution in [0.4, 0.5) is 0 Å². The number of hydrogen-bond acceptors (Lipinski definition) is 4. The van der Waals surface area contributed by atoms with E-state index in [9.17, 15) is 14.9 Å². The molecule has 4 bridgehead atoms. The van der Waals surface area contributed by atoms with Gasteiger partial charge in [0.05, 0.1) is 6.04 Å². The number of nitriles is 1. The number of nitrogens with two attached hydrogens (primary N) is 1. The predicted octanol–water partition coefficient (Wildman–Crippen LogP) is 3.23. The largest absolute Gasteiger partial charge is 0.369 e. The molecule has 5 fully saturated rings. The highest BCUT2D eigenvalue weighted by Gasteiger charge is 2.58. The van der Waals surface area contributed by atoms with Gasteiger partial charge in [0.1, 0.15) is 11.3 Å². The molecule has 8 heteroatoms. The van der Waals surface area contributed by atoms with E-state index in [4.69, 9.17) is 22.3 Å². The highest BCUT2D eigenvalue weighted by molar-refractivity contribution is 6.30. The van der Waals surface area contributed by atoms with E-state index in [1.165, 1.54) is 0 Å². The Morgan fingerprint density at radius 3 is 2.70 bits per heavy atom. The fourth-order valence-electron chi connectivity index (χ4n) is 7.17. The molecule has 1 aromatic rings. The van der Waals surface area contributed by atoms with Gasteiger partial charge in [0.25, 0.3) is 0 Å². The number of amidine groups is 1. The third-order valence-corrected chi connectivity index (χ3v) is 8.86. The molecule has 3 unspecified atom stereocenters. The second kappa shape index (κ2) is 8.02. The average Bonchev–Trinajstić information content (AvgIpc) is 3.04. The first-order valence-corrected chi connectivity index (χ1v) is 12.2. The van der Waals surface area contributed by atoms with Gasteiger partial charge >= 0.3 is 0 Å². The molecule has 4 saturated carbocycles. The quantitative estimate of drug-likeness (QED) is 0.299. The van der Waals surface area contributed by atoms with E-state index in [0.717, 1.165) is 37.7 Å². The predicted molar refractivity (Wildman–Crippen MR) is 125 cm³/mol. The summed E-state index contributed by atoms with van der Waals surface area (Å²) in [6.45, 7) is 2.96. The minimum Gasteiger partial charge on any atom is -0.369 e. The zero-order chi connectivity index (χ0) is 23.4. The zero-order valence-corrected chi connectivity index (χ0v) is 19.6. The molecule has 2 amide bonds. The van der Waals surface area contributed by atoms with Gasteiger partial charge in [-0.3, -0.25) is 19.9 Å². The SMILES string of the molecule is CC1(C(=NC2C3CC4CC2CC(C(N)=O)(C4)C3)NC#N)CCN(Cc2cccc(Cl)c2)C1=O. The van der Waals surface area contributed by atoms with E-state index in [1.807, 2.05) is 42.3 Å². The Hall–Kier alpha value is -2.59. The van der Waals surface area contributed by atoms with Crippen molar-refractivity contribution in [2.24, 2.45) is 39.3 Å². The average molecular weight is 468 g/mol. The van der Waals surface area contributed by atoms with Crippen molar-refractivity contribution in [1.82, 2.24) is 10.2 Å². The Bertz CT molecular complexity index is 1050. The van der Waals surface area contributed by atoms with Crippen LogP contribution in [0.25, 0.3) is 0 Å². The van der Waals surface area contributed by atoms with Crippen LogP contribution in [0.5, 0.6) is 0 Å². The molecule has 0 radical (unpaired) electrons. The lowest BCUT2D eigenvalue weighted by Gasteiger charge is -2.57. The lowest BCUT2D eigenvalue weighted by Crippen LogP contribution is -2.58. The Morgan fingerprint density at radius 1 is 1.33 bits per heavy atom. The fraction of sp³-hybridized carbons (Fsp3) is 0.600. The van der Waals surface area contributed by atoms with Crippen LogP contribution in [0, 0.1) is 40.0 Å². The number of carbonyl (C=O) groups is 2. The summed E-state index contributed by atoms with van der Waals surface area (Å²) in [6, 6.07) is 7.55. The van der Waals surface area contributed by atoms with E-state index in [0.29, 0.717) is 36.3 Å². The van der Waals surface area contributed by atoms with Crippen molar-refractivity contribution < 1.29 is 9.59 Å². The molecule has 7 nitrogen and oxygen atoms in total. The summed E-state index contributed by atoms with van der Waals surface area (Å²) in [5, 5.41) is 12.9. The summed E-state index contributed by atoms with van der Waals surface area (Å²) in [5.41, 5.74) is 5.55. The van der Waals surface area contributed by atoms with Gasteiger partial charge in [0, 0.05) is 23.5 Å². The maximum absolute atomic E-state index is 13.5. The molecule has 6 rings (SSSR count). The zero-order valence-electron chi connectivity index (χ0n) is 18.9. The maximum atomic E-state index is 13.5. The summed E-state index contributed by atoms with van der Waals surface area (Å²) in [6.07, 6.45) is 7.16. The molecule has 0 aromatic heterocycles. The van der Waals surface area contributed by atoms with Gasteiger partial charge in [-0.05, 0) is 80.9 Å². The van der Waals surface area contributed by atoms with Crippen molar-refractivity contribution in [2.75, 3.05) is 6.54 Å². The number of benzene rings is 1. The molecular weight excluding hydrogens is 438 g/mol. The standard InChI is InChI=1S/C25H30ClN5O2/c1-24(5-6-31(23(24)33)13-15-3-2-4-19(26)9-15)22(29-14-27)30-20-17-7-16-8-18(20)12-25(10-16,11-17)21(28)32/h2-4,9,16-18,20H,5-8,10-13H2,1H3,(H2,28,32)(H,29,30). The van der Waals surface area contributed by atoms with Crippen molar-refractivity contribution in [1.29, 1.82) is 5.26 Å². The van der Waals surface area contributed by atoms with Gasteiger partial charge in [0.2, 0.25) is 11.8 Å². The summed E-state index contributed by atoms with van der Waals surface area (Å²) >= 11 is 6.11. The Labute approximate surface area is 199 Å². The van der Waals surface area contributed by atoms with E-state index < -0.39 is 5.41 Å². The first kappa shape index (κ1) is 22.2. The Morgan fingerprint density at radius 2 is 2.06 bits per heavy atom. The maximum Gasteiger partial charge on any atom is 0.236 e. The molecule has 5 aliphatic rings. The van der Waals surface area contributed by atoms with Gasteiger partial charge < -0.3 is 10.6 Å². The molecule has 1 aromatic carbocycles. The first-order valence-electron chi connectivity index (χ1n) is 11.8. The summed E-state index contributed by atoms with van der Waals surface area (Å²) in [7, 11) is 0. The number of halogens is 1. The molecule has 1 heterocycles. The van der Waals surface area contributed by atoms with Crippen LogP contribution in [0.1, 0.15) is 51.0 Å². The number of amides is 2. The summed E-state index contributed by atoms with van der Waals surface area (Å²) in [4.78, 5) is 32.7. The van der Waals surface area contributed by atoms with Crippen LogP contribution in [0.15, 0.2) is 29.3 Å². The van der Waals surface area contributed by atoms with Crippen molar-refractivity contribution >= 4 is 29.3 Å². The Balaban J connectivity index is 1.39. The van der Waals surface area contributed by atoms with Gasteiger partial charge in [-0.25, -0.2) is 0 Å². The third kappa shape index (κ3) is 3.69. The molecule has 4 aliphatic carbocycles. The monoisotopic (exact) mass is 467 g/mol. The number of likely N-dealkylation sites (tertiary alicyclic amines) is 1. The van der Waals surface area contributed by atoms with Gasteiger partial charge in [-0.15, -0.1) is 0 Å². The second-order valence-electron chi connectivity index (χ2n) is 10.8. The number of primary amides is 1. The number of nitrogens with one attached hydrogen (secondary N) is 1. The van der Waals surface area contributed by atoms with Crippen molar-refractivity contribution in [3.8, 4) is 6.19 Å². The van der Waals surface area contributed by atoms with Crippen LogP contribution in [-0.4, -0.2) is 35.1 Å². The molecule has 3 atom stereocenters. The minimum absolute atomic E-state index is 0.0245. The Kier molecular flexibility index (Phi) is 5.40. The lowest BCUT2D eigenvalue weighted by molar-refractivity contribution is -0.144. The number of nitrogens with zero attached hydrogens (tertiary/aromatic N) is 3. The van der Waals surface area contributed by atoms with E-state index in [2.05, 4.69) is 5.32 Å². The van der Waals surface area contributed by atoms with Gasteiger partial charge in [-0.2, -0.15) is 5.26 Å². The van der Waals surface area contributed by atoms with E-state index in [-0.39, 0.29) is 35.1 Å². The van der Waals surface area contributed by atoms with Crippen LogP contribution in [-0.2, 0) is 16.1 Å². The molecular formula is C25H30ClN5O2. The topological polar surface area (TPSA) is 112 Å². The summed E-state index contributed by atoms with van der Waals surface area (Å²) < 4.78 is 0. The smallest absolute Gasteiger partial charge is 0.236 e. The van der Waals surface area contributed by atoms with E-state index >= 15 is 0 Å². The van der Waals surface area contributed by atoms with Crippen molar-refractivity contribution in [3.63, 3.8) is 0 Å². The third-order valence-electron chi connectivity index (χ3n) is 8.62. The molecule has 0 spiro atoms. The molecule has 1 aliphatic heterocycles. The number of rotatable bonds is 5. The highest BCUT2D eigenvalue weighted by atomic mass is 35.5. The summed E-state index contributed by atoms with van der Waals surface area (Å²) in [5.74, 6) is 1.36. The van der Waals surface area contributed by atoms with Gasteiger partial charge in [0.15, 0.2) is 6.19 Å². The molecule has 174 valence electrons. The van der Waals surface area contributed by atoms with Gasteiger partial charge in [-0.1, -0.05) is 23.7 Å². The van der Waals surface area contributed by atoms with Crippen LogP contribution < -0.4 is 11.1 Å². The van der Waals surface area contributed by atoms with Crippen LogP contribution in [0.2, 0.25) is 5.02 Å². The van der Waals surface area contributed by atoms with Crippen molar-refractivity contribution in [3.05, 3.63) is 34.9 Å².